The first-order valence-electron chi connectivity index (χ1n) is 8.00. The summed E-state index contributed by atoms with van der Waals surface area (Å²) in [6.45, 7) is 19.2. The molecule has 0 unspecified atom stereocenters. The van der Waals surface area contributed by atoms with Gasteiger partial charge in [-0.1, -0.05) is 6.42 Å². The Morgan fingerprint density at radius 3 is 1.59 bits per heavy atom. The summed E-state index contributed by atoms with van der Waals surface area (Å²) >= 11 is 0. The number of hydrogen-bond donors (Lipinski definition) is 2. The highest BCUT2D eigenvalue weighted by atomic mass is 28.5. The summed E-state index contributed by atoms with van der Waals surface area (Å²) in [5.41, 5.74) is 0. The zero-order chi connectivity index (χ0) is 17.8. The van der Waals surface area contributed by atoms with E-state index in [0.717, 1.165) is 12.5 Å². The Morgan fingerprint density at radius 2 is 1.18 bits per heavy atom. The van der Waals surface area contributed by atoms with Crippen LogP contribution < -0.4 is 0 Å². The van der Waals surface area contributed by atoms with E-state index in [9.17, 15) is 0 Å². The fourth-order valence-electron chi connectivity index (χ4n) is 2.80. The molecular weight excluding hydrogens is 347 g/mol. The van der Waals surface area contributed by atoms with Gasteiger partial charge in [0.1, 0.15) is 0 Å². The minimum atomic E-state index is -2.26. The highest BCUT2D eigenvalue weighted by molar-refractivity contribution is 6.89. The Kier molecular flexibility index (Phi) is 8.48. The Balaban J connectivity index is 4.60. The van der Waals surface area contributed by atoms with E-state index >= 15 is 0 Å². The lowest BCUT2D eigenvalue weighted by Crippen LogP contribution is -2.55. The molecule has 0 heterocycles. The van der Waals surface area contributed by atoms with Crippen LogP contribution in [0.2, 0.25) is 71.3 Å². The Bertz CT molecular complexity index is 345. The van der Waals surface area contributed by atoms with E-state index < -0.39 is 40.9 Å². The molecule has 0 spiro atoms. The van der Waals surface area contributed by atoms with E-state index in [4.69, 9.17) is 22.4 Å². The Labute approximate surface area is 141 Å². The van der Waals surface area contributed by atoms with Gasteiger partial charge in [-0.25, -0.2) is 0 Å². The molecule has 0 amide bonds. The van der Waals surface area contributed by atoms with Crippen molar-refractivity contribution >= 4 is 40.9 Å². The molecule has 0 saturated carbocycles. The Hall–Kier alpha value is 0.732. The lowest BCUT2D eigenvalue weighted by Gasteiger charge is -2.40. The first kappa shape index (κ1) is 22.7. The summed E-state index contributed by atoms with van der Waals surface area (Å²) < 4.78 is 19.0. The maximum Gasteiger partial charge on any atom is 0.451 e. The van der Waals surface area contributed by atoms with Crippen molar-refractivity contribution in [2.75, 3.05) is 0 Å². The van der Waals surface area contributed by atoms with Crippen LogP contribution in [-0.2, 0) is 12.3 Å². The second kappa shape index (κ2) is 8.21. The molecule has 5 nitrogen and oxygen atoms in total. The van der Waals surface area contributed by atoms with Crippen molar-refractivity contribution in [1.82, 2.24) is 0 Å². The van der Waals surface area contributed by atoms with Gasteiger partial charge in [0, 0.05) is 0 Å². The SMILES string of the molecule is C[Si](C)(C)O[Si](C)(C)O[Si](C)(C)O[Si](C)(C)CCCB(O)O. The van der Waals surface area contributed by atoms with Crippen LogP contribution in [0.4, 0.5) is 0 Å². The zero-order valence-electron chi connectivity index (χ0n) is 15.8. The van der Waals surface area contributed by atoms with Crippen LogP contribution in [0, 0.1) is 0 Å². The molecule has 0 aliphatic heterocycles. The third kappa shape index (κ3) is 12.2. The topological polar surface area (TPSA) is 68.2 Å². The Morgan fingerprint density at radius 1 is 0.727 bits per heavy atom. The summed E-state index contributed by atoms with van der Waals surface area (Å²) in [6, 6.07) is 0.904. The highest BCUT2D eigenvalue weighted by Crippen LogP contribution is 2.26. The smallest absolute Gasteiger partial charge is 0.437 e. The third-order valence-corrected chi connectivity index (χ3v) is 16.9. The van der Waals surface area contributed by atoms with Crippen LogP contribution in [0.3, 0.4) is 0 Å². The summed E-state index contributed by atoms with van der Waals surface area (Å²) in [5.74, 6) is 0. The predicted octanol–water partition coefficient (Wildman–Crippen LogP) is 3.34. The molecule has 10 heteroatoms. The van der Waals surface area contributed by atoms with E-state index in [1.165, 1.54) is 0 Å². The molecular formula is C12H35BO5Si4. The maximum absolute atomic E-state index is 8.95. The molecule has 22 heavy (non-hydrogen) atoms. The molecule has 0 rings (SSSR count). The van der Waals surface area contributed by atoms with E-state index in [-0.39, 0.29) is 0 Å². The van der Waals surface area contributed by atoms with E-state index in [0.29, 0.717) is 6.32 Å². The fraction of sp³-hybridized carbons (Fsp3) is 1.00. The third-order valence-electron chi connectivity index (χ3n) is 2.81. The first-order chi connectivity index (χ1) is 9.54. The van der Waals surface area contributed by atoms with Gasteiger partial charge in [0.15, 0.2) is 16.6 Å². The van der Waals surface area contributed by atoms with Crippen molar-refractivity contribution in [2.24, 2.45) is 0 Å². The van der Waals surface area contributed by atoms with Gasteiger partial charge < -0.3 is 22.4 Å². The molecule has 0 aliphatic rings. The van der Waals surface area contributed by atoms with Gasteiger partial charge in [-0.05, 0) is 71.3 Å². The zero-order valence-corrected chi connectivity index (χ0v) is 19.8. The average Bonchev–Trinajstić information content (AvgIpc) is 2.06. The van der Waals surface area contributed by atoms with Crippen LogP contribution in [0.5, 0.6) is 0 Å². The van der Waals surface area contributed by atoms with Gasteiger partial charge in [-0.3, -0.25) is 0 Å². The number of hydrogen-bond acceptors (Lipinski definition) is 5. The monoisotopic (exact) mass is 382 g/mol. The fourth-order valence-corrected chi connectivity index (χ4v) is 21.3. The van der Waals surface area contributed by atoms with Crippen LogP contribution in [0.1, 0.15) is 6.42 Å². The molecule has 0 fully saturated rings. The van der Waals surface area contributed by atoms with Gasteiger partial charge in [0.25, 0.3) is 0 Å². The molecule has 0 saturated heterocycles. The summed E-state index contributed by atoms with van der Waals surface area (Å²) in [4.78, 5) is 0. The van der Waals surface area contributed by atoms with Gasteiger partial charge in [0.05, 0.1) is 0 Å². The molecule has 0 atom stereocenters. The van der Waals surface area contributed by atoms with Crippen molar-refractivity contribution in [3.8, 4) is 0 Å². The van der Waals surface area contributed by atoms with Crippen molar-refractivity contribution in [3.05, 3.63) is 0 Å². The van der Waals surface area contributed by atoms with Crippen molar-refractivity contribution in [2.45, 2.75) is 77.7 Å². The second-order valence-electron chi connectivity index (χ2n) is 8.35. The van der Waals surface area contributed by atoms with E-state index in [2.05, 4.69) is 58.9 Å². The largest absolute Gasteiger partial charge is 0.451 e. The maximum atomic E-state index is 8.95. The van der Waals surface area contributed by atoms with Gasteiger partial charge >= 0.3 is 24.2 Å². The molecule has 0 aromatic carbocycles. The molecule has 132 valence electrons. The van der Waals surface area contributed by atoms with Crippen LogP contribution in [-0.4, -0.2) is 50.9 Å². The van der Waals surface area contributed by atoms with E-state index in [1.54, 1.807) is 0 Å². The van der Waals surface area contributed by atoms with Crippen LogP contribution in [0.15, 0.2) is 0 Å². The minimum absolute atomic E-state index is 0.404. The summed E-state index contributed by atoms with van der Waals surface area (Å²) in [6.07, 6.45) is 1.18. The van der Waals surface area contributed by atoms with Gasteiger partial charge in [-0.2, -0.15) is 0 Å². The van der Waals surface area contributed by atoms with Crippen LogP contribution in [0.25, 0.3) is 0 Å². The average molecular weight is 383 g/mol. The normalized spacial score (nSPS) is 14.3. The molecule has 0 aromatic rings. The lowest BCUT2D eigenvalue weighted by molar-refractivity contribution is 0.329. The summed E-state index contributed by atoms with van der Waals surface area (Å²) in [5, 5.41) is 17.9. The minimum Gasteiger partial charge on any atom is -0.437 e. The molecule has 0 aliphatic carbocycles. The molecule has 0 aromatic heterocycles. The van der Waals surface area contributed by atoms with E-state index in [1.807, 2.05) is 0 Å². The molecule has 0 bridgehead atoms. The quantitative estimate of drug-likeness (QED) is 0.567. The number of rotatable bonds is 10. The van der Waals surface area contributed by atoms with Crippen LogP contribution >= 0.6 is 0 Å². The highest BCUT2D eigenvalue weighted by Gasteiger charge is 2.42. The van der Waals surface area contributed by atoms with Crippen molar-refractivity contribution in [3.63, 3.8) is 0 Å². The summed E-state index contributed by atoms with van der Waals surface area (Å²) in [7, 11) is -9.15. The first-order valence-corrected chi connectivity index (χ1v) is 20.2. The molecule has 0 radical (unpaired) electrons. The van der Waals surface area contributed by atoms with Gasteiger partial charge in [-0.15, -0.1) is 0 Å². The van der Waals surface area contributed by atoms with Crippen molar-refractivity contribution < 1.29 is 22.4 Å². The van der Waals surface area contributed by atoms with Crippen molar-refractivity contribution in [1.29, 1.82) is 0 Å². The second-order valence-corrected chi connectivity index (χ2v) is 24.6. The molecule has 2 N–H and O–H groups in total. The lowest BCUT2D eigenvalue weighted by atomic mass is 9.85. The van der Waals surface area contributed by atoms with Gasteiger partial charge in [0.2, 0.25) is 0 Å². The standard InChI is InChI=1S/C12H35BO5Si4/c1-19(2,3)16-21(6,7)18-22(8,9)17-20(4,5)12-10-11-13(14)15/h14-15H,10-12H2,1-9H3. The predicted molar refractivity (Wildman–Crippen MR) is 103 cm³/mol.